The predicted octanol–water partition coefficient (Wildman–Crippen LogP) is 4.84. The van der Waals surface area contributed by atoms with E-state index in [2.05, 4.69) is 18.7 Å². The number of amides is 1. The van der Waals surface area contributed by atoms with E-state index in [4.69, 9.17) is 4.74 Å². The van der Waals surface area contributed by atoms with Crippen molar-refractivity contribution in [2.75, 3.05) is 39.3 Å². The van der Waals surface area contributed by atoms with Crippen molar-refractivity contribution in [1.29, 1.82) is 0 Å². The summed E-state index contributed by atoms with van der Waals surface area (Å²) >= 11 is 0. The number of hydrogen-bond donors (Lipinski definition) is 0. The van der Waals surface area contributed by atoms with E-state index in [1.807, 2.05) is 43.0 Å². The van der Waals surface area contributed by atoms with Crippen LogP contribution in [-0.2, 0) is 0 Å². The Morgan fingerprint density at radius 2 is 1.38 bits per heavy atom. The molecule has 0 aromatic heterocycles. The second kappa shape index (κ2) is 13.6. The Morgan fingerprint density at radius 3 is 1.88 bits per heavy atom. The molecule has 0 N–H and O–H groups in total. The fraction of sp³-hybridized carbons (Fsp3) is 0.682. The molecule has 0 heterocycles. The maximum atomic E-state index is 12.3. The highest BCUT2D eigenvalue weighted by molar-refractivity contribution is 5.94. The van der Waals surface area contributed by atoms with E-state index in [1.54, 1.807) is 0 Å². The van der Waals surface area contributed by atoms with Crippen molar-refractivity contribution < 1.29 is 9.53 Å². The summed E-state index contributed by atoms with van der Waals surface area (Å²) in [6.07, 6.45) is 6.07. The van der Waals surface area contributed by atoms with Gasteiger partial charge in [0.15, 0.2) is 0 Å². The van der Waals surface area contributed by atoms with Crippen molar-refractivity contribution >= 4 is 5.91 Å². The molecule has 1 aromatic rings. The Kier molecular flexibility index (Phi) is 11.8. The van der Waals surface area contributed by atoms with Crippen molar-refractivity contribution in [3.63, 3.8) is 0 Å². The largest absolute Gasteiger partial charge is 0.494 e. The number of hydrogen-bond acceptors (Lipinski definition) is 3. The Balaban J connectivity index is 2.39. The molecule has 0 aliphatic rings. The Labute approximate surface area is 160 Å². The molecule has 0 saturated carbocycles. The molecule has 1 aromatic carbocycles. The number of benzene rings is 1. The van der Waals surface area contributed by atoms with E-state index in [1.165, 1.54) is 38.8 Å². The minimum Gasteiger partial charge on any atom is -0.494 e. The van der Waals surface area contributed by atoms with Gasteiger partial charge in [0.25, 0.3) is 5.91 Å². The molecule has 0 saturated heterocycles. The first-order valence-corrected chi connectivity index (χ1v) is 10.4. The van der Waals surface area contributed by atoms with Gasteiger partial charge in [-0.3, -0.25) is 4.79 Å². The highest BCUT2D eigenvalue weighted by Crippen LogP contribution is 2.14. The van der Waals surface area contributed by atoms with Crippen LogP contribution >= 0.6 is 0 Å². The summed E-state index contributed by atoms with van der Waals surface area (Å²) in [5.74, 6) is 0.929. The second-order valence-electron chi connectivity index (χ2n) is 6.75. The molecular weight excluding hydrogens is 324 g/mol. The third-order valence-electron chi connectivity index (χ3n) is 4.70. The molecule has 1 amide bonds. The van der Waals surface area contributed by atoms with Crippen molar-refractivity contribution in [3.05, 3.63) is 29.8 Å². The van der Waals surface area contributed by atoms with Gasteiger partial charge in [0.1, 0.15) is 5.75 Å². The summed E-state index contributed by atoms with van der Waals surface area (Å²) in [7, 11) is 0. The van der Waals surface area contributed by atoms with Crippen molar-refractivity contribution in [2.45, 2.75) is 59.8 Å². The van der Waals surface area contributed by atoms with E-state index in [-0.39, 0.29) is 5.91 Å². The minimum absolute atomic E-state index is 0.0871. The smallest absolute Gasteiger partial charge is 0.253 e. The number of carbonyl (C=O) groups excluding carboxylic acids is 1. The van der Waals surface area contributed by atoms with E-state index in [0.29, 0.717) is 0 Å². The van der Waals surface area contributed by atoms with Gasteiger partial charge in [-0.2, -0.15) is 0 Å². The summed E-state index contributed by atoms with van der Waals surface area (Å²) in [5, 5.41) is 0. The van der Waals surface area contributed by atoms with Gasteiger partial charge in [0.2, 0.25) is 0 Å². The van der Waals surface area contributed by atoms with Gasteiger partial charge >= 0.3 is 0 Å². The van der Waals surface area contributed by atoms with Crippen LogP contribution in [0.2, 0.25) is 0 Å². The van der Waals surface area contributed by atoms with Crippen LogP contribution in [0, 0.1) is 0 Å². The predicted molar refractivity (Wildman–Crippen MR) is 110 cm³/mol. The number of ether oxygens (including phenoxy) is 1. The molecule has 0 aliphatic heterocycles. The molecule has 0 spiro atoms. The van der Waals surface area contributed by atoms with Crippen LogP contribution in [0.4, 0.5) is 0 Å². The molecule has 26 heavy (non-hydrogen) atoms. The minimum atomic E-state index is 0.0871. The second-order valence-corrected chi connectivity index (χ2v) is 6.75. The highest BCUT2D eigenvalue weighted by atomic mass is 16.5. The van der Waals surface area contributed by atoms with Crippen LogP contribution in [-0.4, -0.2) is 55.0 Å². The monoisotopic (exact) mass is 362 g/mol. The van der Waals surface area contributed by atoms with Gasteiger partial charge in [0.05, 0.1) is 6.61 Å². The van der Waals surface area contributed by atoms with Crippen LogP contribution in [0.25, 0.3) is 0 Å². The molecule has 0 radical (unpaired) electrons. The molecule has 0 fully saturated rings. The van der Waals surface area contributed by atoms with E-state index < -0.39 is 0 Å². The quantitative estimate of drug-likeness (QED) is 0.444. The fourth-order valence-corrected chi connectivity index (χ4v) is 2.96. The molecule has 0 bridgehead atoms. The number of rotatable bonds is 14. The third-order valence-corrected chi connectivity index (χ3v) is 4.70. The summed E-state index contributed by atoms with van der Waals surface area (Å²) in [5.41, 5.74) is 0.728. The summed E-state index contributed by atoms with van der Waals surface area (Å²) in [4.78, 5) is 16.7. The van der Waals surface area contributed by atoms with E-state index in [9.17, 15) is 4.79 Å². The molecular formula is C22H38N2O2. The van der Waals surface area contributed by atoms with Gasteiger partial charge in [-0.1, -0.05) is 26.7 Å². The Bertz CT molecular complexity index is 475. The van der Waals surface area contributed by atoms with Crippen LogP contribution in [0.3, 0.4) is 0 Å². The molecule has 1 rings (SSSR count). The molecule has 4 nitrogen and oxygen atoms in total. The zero-order chi connectivity index (χ0) is 19.2. The van der Waals surface area contributed by atoms with E-state index in [0.717, 1.165) is 44.0 Å². The zero-order valence-corrected chi connectivity index (χ0v) is 17.3. The molecule has 4 heteroatoms. The standard InChI is InChI=1S/C22H38N2O2/c1-5-9-16-23(17-10-6-2)18-11-19-26-21-14-12-20(13-15-21)22(25)24(7-3)8-4/h12-15H,5-11,16-19H2,1-4H3. The van der Waals surface area contributed by atoms with Crippen molar-refractivity contribution in [2.24, 2.45) is 0 Å². The maximum Gasteiger partial charge on any atom is 0.253 e. The van der Waals surface area contributed by atoms with Crippen molar-refractivity contribution in [1.82, 2.24) is 9.80 Å². The number of carbonyl (C=O) groups is 1. The number of unbranched alkanes of at least 4 members (excludes halogenated alkanes) is 2. The maximum absolute atomic E-state index is 12.3. The third kappa shape index (κ3) is 8.22. The first-order chi connectivity index (χ1) is 12.7. The van der Waals surface area contributed by atoms with Gasteiger partial charge in [-0.25, -0.2) is 0 Å². The first kappa shape index (κ1) is 22.5. The topological polar surface area (TPSA) is 32.8 Å². The molecule has 0 atom stereocenters. The lowest BCUT2D eigenvalue weighted by Gasteiger charge is -2.22. The Morgan fingerprint density at radius 1 is 0.846 bits per heavy atom. The molecule has 0 aliphatic carbocycles. The van der Waals surface area contributed by atoms with Crippen LogP contribution in [0.5, 0.6) is 5.75 Å². The zero-order valence-electron chi connectivity index (χ0n) is 17.3. The van der Waals surface area contributed by atoms with Gasteiger partial charge < -0.3 is 14.5 Å². The molecule has 148 valence electrons. The number of nitrogens with zero attached hydrogens (tertiary/aromatic N) is 2. The summed E-state index contributed by atoms with van der Waals surface area (Å²) in [6.45, 7) is 14.2. The van der Waals surface area contributed by atoms with Gasteiger partial charge in [-0.05, 0) is 70.5 Å². The lowest BCUT2D eigenvalue weighted by atomic mass is 10.2. The fourth-order valence-electron chi connectivity index (χ4n) is 2.96. The summed E-state index contributed by atoms with van der Waals surface area (Å²) < 4.78 is 5.86. The highest BCUT2D eigenvalue weighted by Gasteiger charge is 2.12. The van der Waals surface area contributed by atoms with Gasteiger partial charge in [-0.15, -0.1) is 0 Å². The SMILES string of the molecule is CCCCN(CCCC)CCCOc1ccc(C(=O)N(CC)CC)cc1. The normalized spacial score (nSPS) is 11.0. The average Bonchev–Trinajstić information content (AvgIpc) is 2.68. The lowest BCUT2D eigenvalue weighted by Crippen LogP contribution is -2.30. The van der Waals surface area contributed by atoms with E-state index >= 15 is 0 Å². The average molecular weight is 363 g/mol. The summed E-state index contributed by atoms with van der Waals surface area (Å²) in [6, 6.07) is 7.54. The lowest BCUT2D eigenvalue weighted by molar-refractivity contribution is 0.0773. The van der Waals surface area contributed by atoms with Crippen LogP contribution < -0.4 is 4.74 Å². The van der Waals surface area contributed by atoms with Crippen LogP contribution in [0.1, 0.15) is 70.2 Å². The van der Waals surface area contributed by atoms with Crippen LogP contribution in [0.15, 0.2) is 24.3 Å². The first-order valence-electron chi connectivity index (χ1n) is 10.4. The Hall–Kier alpha value is -1.55. The van der Waals surface area contributed by atoms with Gasteiger partial charge in [0, 0.05) is 25.2 Å². The molecule has 0 unspecified atom stereocenters. The van der Waals surface area contributed by atoms with Crippen molar-refractivity contribution in [3.8, 4) is 5.75 Å².